The monoisotopic (exact) mass is 201 g/mol. The van der Waals surface area contributed by atoms with E-state index < -0.39 is 17.9 Å². The van der Waals surface area contributed by atoms with Gasteiger partial charge in [0.2, 0.25) is 5.91 Å². The molecular formula is C9H15NO4. The van der Waals surface area contributed by atoms with Crippen LogP contribution in [0.4, 0.5) is 0 Å². The summed E-state index contributed by atoms with van der Waals surface area (Å²) in [5, 5.41) is 11.1. The lowest BCUT2D eigenvalue weighted by atomic mass is 10.1. The van der Waals surface area contributed by atoms with Crippen molar-refractivity contribution < 1.29 is 19.4 Å². The maximum atomic E-state index is 11.0. The van der Waals surface area contributed by atoms with Gasteiger partial charge in [0, 0.05) is 7.11 Å². The number of carboxylic acids is 1. The second-order valence-corrected chi connectivity index (χ2v) is 3.05. The molecule has 0 heterocycles. The van der Waals surface area contributed by atoms with Crippen LogP contribution in [0, 0.1) is 0 Å². The molecule has 0 unspecified atom stereocenters. The van der Waals surface area contributed by atoms with Crippen LogP contribution >= 0.6 is 0 Å². The van der Waals surface area contributed by atoms with Crippen LogP contribution in [0.1, 0.15) is 13.3 Å². The van der Waals surface area contributed by atoms with E-state index in [4.69, 9.17) is 5.11 Å². The minimum Gasteiger partial charge on any atom is -0.480 e. The summed E-state index contributed by atoms with van der Waals surface area (Å²) in [6, 6.07) is -0.921. The third kappa shape index (κ3) is 5.31. The first-order chi connectivity index (χ1) is 6.47. The molecule has 0 aromatic carbocycles. The zero-order valence-corrected chi connectivity index (χ0v) is 8.37. The van der Waals surface area contributed by atoms with Gasteiger partial charge in [-0.1, -0.05) is 5.57 Å². The molecule has 0 aromatic rings. The van der Waals surface area contributed by atoms with Crippen LogP contribution in [0.15, 0.2) is 12.2 Å². The number of hydrogen-bond donors (Lipinski definition) is 2. The van der Waals surface area contributed by atoms with E-state index in [1.165, 1.54) is 7.11 Å². The van der Waals surface area contributed by atoms with Gasteiger partial charge in [0.1, 0.15) is 12.6 Å². The molecule has 80 valence electrons. The van der Waals surface area contributed by atoms with E-state index in [9.17, 15) is 9.59 Å². The molecule has 0 saturated heterocycles. The zero-order chi connectivity index (χ0) is 11.1. The first kappa shape index (κ1) is 12.6. The molecule has 0 aliphatic heterocycles. The van der Waals surface area contributed by atoms with Crippen molar-refractivity contribution in [3.05, 3.63) is 12.2 Å². The van der Waals surface area contributed by atoms with Gasteiger partial charge in [-0.15, -0.1) is 6.58 Å². The average molecular weight is 201 g/mol. The van der Waals surface area contributed by atoms with Gasteiger partial charge in [-0.3, -0.25) is 4.79 Å². The fraction of sp³-hybridized carbons (Fsp3) is 0.556. The van der Waals surface area contributed by atoms with Gasteiger partial charge in [0.05, 0.1) is 0 Å². The molecule has 0 aliphatic rings. The smallest absolute Gasteiger partial charge is 0.326 e. The normalized spacial score (nSPS) is 11.9. The summed E-state index contributed by atoms with van der Waals surface area (Å²) in [5.41, 5.74) is 0.704. The van der Waals surface area contributed by atoms with E-state index in [1.54, 1.807) is 6.92 Å². The molecule has 1 amide bonds. The molecule has 14 heavy (non-hydrogen) atoms. The predicted octanol–water partition coefficient (Wildman–Crippen LogP) is 0.168. The van der Waals surface area contributed by atoms with Crippen LogP contribution in [-0.4, -0.2) is 36.7 Å². The highest BCUT2D eigenvalue weighted by Gasteiger charge is 2.19. The fourth-order valence-corrected chi connectivity index (χ4v) is 0.916. The topological polar surface area (TPSA) is 75.6 Å². The molecule has 5 heteroatoms. The Morgan fingerprint density at radius 1 is 1.57 bits per heavy atom. The molecule has 0 radical (unpaired) electrons. The lowest BCUT2D eigenvalue weighted by molar-refractivity contribution is -0.142. The van der Waals surface area contributed by atoms with Crippen LogP contribution in [0.5, 0.6) is 0 Å². The number of rotatable bonds is 6. The molecule has 5 nitrogen and oxygen atoms in total. The number of aliphatic carboxylic acids is 1. The van der Waals surface area contributed by atoms with Crippen molar-refractivity contribution in [3.63, 3.8) is 0 Å². The van der Waals surface area contributed by atoms with Gasteiger partial charge < -0.3 is 15.2 Å². The van der Waals surface area contributed by atoms with Gasteiger partial charge in [0.25, 0.3) is 0 Å². The number of carbonyl (C=O) groups excluding carboxylic acids is 1. The predicted molar refractivity (Wildman–Crippen MR) is 50.9 cm³/mol. The van der Waals surface area contributed by atoms with Crippen molar-refractivity contribution in [2.45, 2.75) is 19.4 Å². The lowest BCUT2D eigenvalue weighted by Gasteiger charge is -2.13. The standard InChI is InChI=1S/C9H15NO4/c1-6(2)4-7(9(12)13)10-8(11)5-14-3/h7H,1,4-5H2,2-3H3,(H,10,11)(H,12,13)/t7-/m0/s1. The van der Waals surface area contributed by atoms with Crippen molar-refractivity contribution in [2.75, 3.05) is 13.7 Å². The van der Waals surface area contributed by atoms with E-state index in [1.807, 2.05) is 0 Å². The molecule has 1 atom stereocenters. The molecule has 0 rings (SSSR count). The number of methoxy groups -OCH3 is 1. The maximum Gasteiger partial charge on any atom is 0.326 e. The van der Waals surface area contributed by atoms with Crippen LogP contribution in [0.3, 0.4) is 0 Å². The lowest BCUT2D eigenvalue weighted by Crippen LogP contribution is -2.42. The summed E-state index contributed by atoms with van der Waals surface area (Å²) >= 11 is 0. The van der Waals surface area contributed by atoms with Crippen LogP contribution in [0.2, 0.25) is 0 Å². The molecule has 0 aliphatic carbocycles. The van der Waals surface area contributed by atoms with E-state index >= 15 is 0 Å². The van der Waals surface area contributed by atoms with Crippen LogP contribution in [0.25, 0.3) is 0 Å². The first-order valence-electron chi connectivity index (χ1n) is 4.13. The quantitative estimate of drug-likeness (QED) is 0.600. The van der Waals surface area contributed by atoms with E-state index in [0.717, 1.165) is 0 Å². The van der Waals surface area contributed by atoms with Gasteiger partial charge in [-0.25, -0.2) is 4.79 Å². The van der Waals surface area contributed by atoms with Gasteiger partial charge >= 0.3 is 5.97 Å². The molecule has 0 spiro atoms. The Kier molecular flexibility index (Phi) is 5.55. The van der Waals surface area contributed by atoms with Crippen LogP contribution < -0.4 is 5.32 Å². The number of hydrogen-bond acceptors (Lipinski definition) is 3. The molecule has 0 aromatic heterocycles. The minimum atomic E-state index is -1.07. The number of ether oxygens (including phenoxy) is 1. The van der Waals surface area contributed by atoms with Gasteiger partial charge in [-0.2, -0.15) is 0 Å². The maximum absolute atomic E-state index is 11.0. The number of carboxylic acid groups (broad SMARTS) is 1. The summed E-state index contributed by atoms with van der Waals surface area (Å²) in [6.07, 6.45) is 0.227. The molecular weight excluding hydrogens is 186 g/mol. The summed E-state index contributed by atoms with van der Waals surface area (Å²) < 4.78 is 4.56. The first-order valence-corrected chi connectivity index (χ1v) is 4.13. The van der Waals surface area contributed by atoms with Crippen molar-refractivity contribution in [1.29, 1.82) is 0 Å². The van der Waals surface area contributed by atoms with Crippen molar-refractivity contribution in [1.82, 2.24) is 5.32 Å². The van der Waals surface area contributed by atoms with Crippen molar-refractivity contribution >= 4 is 11.9 Å². The SMILES string of the molecule is C=C(C)C[C@H](NC(=O)COC)C(=O)O. The Morgan fingerprint density at radius 2 is 2.14 bits per heavy atom. The highest BCUT2D eigenvalue weighted by Crippen LogP contribution is 2.01. The molecule has 0 saturated carbocycles. The second-order valence-electron chi connectivity index (χ2n) is 3.05. The Hall–Kier alpha value is -1.36. The third-order valence-electron chi connectivity index (χ3n) is 1.46. The highest BCUT2D eigenvalue weighted by atomic mass is 16.5. The summed E-state index contributed by atoms with van der Waals surface area (Å²) in [7, 11) is 1.37. The van der Waals surface area contributed by atoms with E-state index in [-0.39, 0.29) is 13.0 Å². The Bertz CT molecular complexity index is 237. The minimum absolute atomic E-state index is 0.139. The number of amides is 1. The van der Waals surface area contributed by atoms with Gasteiger partial charge in [-0.05, 0) is 13.3 Å². The fourth-order valence-electron chi connectivity index (χ4n) is 0.916. The second kappa shape index (κ2) is 6.15. The largest absolute Gasteiger partial charge is 0.480 e. The van der Waals surface area contributed by atoms with Crippen molar-refractivity contribution in [2.24, 2.45) is 0 Å². The summed E-state index contributed by atoms with van der Waals surface area (Å²) in [4.78, 5) is 21.7. The summed E-state index contributed by atoms with van der Waals surface area (Å²) in [5.74, 6) is -1.52. The number of carbonyl (C=O) groups is 2. The summed E-state index contributed by atoms with van der Waals surface area (Å²) in [6.45, 7) is 5.15. The molecule has 2 N–H and O–H groups in total. The third-order valence-corrected chi connectivity index (χ3v) is 1.46. The Labute approximate surface area is 82.7 Å². The van der Waals surface area contributed by atoms with E-state index in [0.29, 0.717) is 5.57 Å². The number of nitrogens with one attached hydrogen (secondary N) is 1. The highest BCUT2D eigenvalue weighted by molar-refractivity contribution is 5.84. The van der Waals surface area contributed by atoms with Crippen LogP contribution in [-0.2, 0) is 14.3 Å². The van der Waals surface area contributed by atoms with Crippen molar-refractivity contribution in [3.8, 4) is 0 Å². The molecule has 0 fully saturated rings. The van der Waals surface area contributed by atoms with E-state index in [2.05, 4.69) is 16.6 Å². The zero-order valence-electron chi connectivity index (χ0n) is 8.37. The average Bonchev–Trinajstić information content (AvgIpc) is 2.02. The van der Waals surface area contributed by atoms with Gasteiger partial charge in [0.15, 0.2) is 0 Å². The Balaban J connectivity index is 4.16. The Morgan fingerprint density at radius 3 is 2.50 bits per heavy atom. The molecule has 0 bridgehead atoms.